The summed E-state index contributed by atoms with van der Waals surface area (Å²) in [6, 6.07) is 6.59. The number of nitrogens with two attached hydrogens (primary N) is 1. The van der Waals surface area contributed by atoms with Crippen molar-refractivity contribution in [2.24, 2.45) is 11.7 Å². The summed E-state index contributed by atoms with van der Waals surface area (Å²) in [4.78, 5) is 0. The van der Waals surface area contributed by atoms with Gasteiger partial charge >= 0.3 is 0 Å². The molecule has 1 aliphatic carbocycles. The maximum Gasteiger partial charge on any atom is 0.0455 e. The molecule has 3 N–H and O–H groups in total. The van der Waals surface area contributed by atoms with Crippen LogP contribution in [0.3, 0.4) is 0 Å². The minimum Gasteiger partial charge on any atom is -0.385 e. The lowest BCUT2D eigenvalue weighted by Crippen LogP contribution is -2.29. The van der Waals surface area contributed by atoms with Crippen LogP contribution in [0.1, 0.15) is 31.2 Å². The van der Waals surface area contributed by atoms with Crippen molar-refractivity contribution in [2.45, 2.75) is 38.6 Å². The molecule has 1 saturated carbocycles. The summed E-state index contributed by atoms with van der Waals surface area (Å²) in [5.74, 6) is 0.759. The maximum absolute atomic E-state index is 6.10. The molecule has 0 spiro atoms. The average molecular weight is 253 g/mol. The predicted octanol–water partition coefficient (Wildman–Crippen LogP) is 3.58. The van der Waals surface area contributed by atoms with Gasteiger partial charge in [-0.2, -0.15) is 0 Å². The van der Waals surface area contributed by atoms with Crippen LogP contribution < -0.4 is 11.1 Å². The molecule has 0 bridgehead atoms. The van der Waals surface area contributed by atoms with Gasteiger partial charge in [0.15, 0.2) is 0 Å². The molecule has 0 amide bonds. The van der Waals surface area contributed by atoms with Crippen LogP contribution >= 0.6 is 11.6 Å². The summed E-state index contributed by atoms with van der Waals surface area (Å²) in [5, 5.41) is 4.31. The second kappa shape index (κ2) is 5.74. The highest BCUT2D eigenvalue weighted by Gasteiger charge is 2.17. The van der Waals surface area contributed by atoms with Crippen LogP contribution in [-0.4, -0.2) is 12.6 Å². The molecular formula is C14H21ClN2. The van der Waals surface area contributed by atoms with Crippen LogP contribution in [0.5, 0.6) is 0 Å². The molecule has 0 aromatic heterocycles. The number of benzene rings is 1. The first-order valence-electron chi connectivity index (χ1n) is 6.41. The highest BCUT2D eigenvalue weighted by molar-refractivity contribution is 6.31. The van der Waals surface area contributed by atoms with Crippen molar-refractivity contribution < 1.29 is 0 Å². The first kappa shape index (κ1) is 12.7. The van der Waals surface area contributed by atoms with E-state index in [1.807, 2.05) is 13.0 Å². The standard InChI is InChI=1S/C14H21ClN2/c1-10-2-7-13(8-14(10)15)17-9-11-3-5-12(16)6-4-11/h2,7-8,11-12,17H,3-6,9,16H2,1H3. The zero-order valence-electron chi connectivity index (χ0n) is 10.4. The Morgan fingerprint density at radius 3 is 2.65 bits per heavy atom. The zero-order valence-corrected chi connectivity index (χ0v) is 11.1. The van der Waals surface area contributed by atoms with E-state index in [2.05, 4.69) is 17.4 Å². The summed E-state index contributed by atoms with van der Waals surface area (Å²) in [7, 11) is 0. The van der Waals surface area contributed by atoms with Gasteiger partial charge in [0.1, 0.15) is 0 Å². The minimum atomic E-state index is 0.431. The molecule has 0 aliphatic heterocycles. The fraction of sp³-hybridized carbons (Fsp3) is 0.571. The molecule has 0 radical (unpaired) electrons. The summed E-state index contributed by atoms with van der Waals surface area (Å²) in [6.07, 6.45) is 4.82. The second-order valence-electron chi connectivity index (χ2n) is 5.13. The Kier molecular flexibility index (Phi) is 4.30. The molecule has 1 aromatic rings. The van der Waals surface area contributed by atoms with Crippen molar-refractivity contribution in [3.05, 3.63) is 28.8 Å². The Bertz CT molecular complexity index is 370. The second-order valence-corrected chi connectivity index (χ2v) is 5.53. The summed E-state index contributed by atoms with van der Waals surface area (Å²) in [6.45, 7) is 3.06. The molecule has 1 fully saturated rings. The van der Waals surface area contributed by atoms with Gasteiger partial charge in [-0.1, -0.05) is 17.7 Å². The van der Waals surface area contributed by atoms with E-state index in [1.165, 1.54) is 25.7 Å². The van der Waals surface area contributed by atoms with Crippen molar-refractivity contribution in [1.82, 2.24) is 0 Å². The van der Waals surface area contributed by atoms with Gasteiger partial charge in [0.05, 0.1) is 0 Å². The highest BCUT2D eigenvalue weighted by atomic mass is 35.5. The molecule has 3 heteroatoms. The van der Waals surface area contributed by atoms with Crippen molar-refractivity contribution in [3.63, 3.8) is 0 Å². The SMILES string of the molecule is Cc1ccc(NCC2CCC(N)CC2)cc1Cl. The summed E-state index contributed by atoms with van der Waals surface area (Å²) >= 11 is 6.10. The Morgan fingerprint density at radius 2 is 2.00 bits per heavy atom. The third-order valence-corrected chi connectivity index (χ3v) is 4.07. The van der Waals surface area contributed by atoms with Gasteiger partial charge < -0.3 is 11.1 Å². The first-order chi connectivity index (χ1) is 8.15. The van der Waals surface area contributed by atoms with E-state index in [4.69, 9.17) is 17.3 Å². The molecule has 0 unspecified atom stereocenters. The fourth-order valence-electron chi connectivity index (χ4n) is 2.36. The highest BCUT2D eigenvalue weighted by Crippen LogP contribution is 2.25. The first-order valence-corrected chi connectivity index (χ1v) is 6.78. The average Bonchev–Trinajstić information content (AvgIpc) is 2.33. The number of anilines is 1. The van der Waals surface area contributed by atoms with Crippen molar-refractivity contribution in [1.29, 1.82) is 0 Å². The van der Waals surface area contributed by atoms with E-state index >= 15 is 0 Å². The molecule has 0 atom stereocenters. The van der Waals surface area contributed by atoms with Crippen LogP contribution in [0.2, 0.25) is 5.02 Å². The van der Waals surface area contributed by atoms with Gasteiger partial charge in [-0.05, 0) is 56.2 Å². The topological polar surface area (TPSA) is 38.0 Å². The molecule has 2 rings (SSSR count). The fourth-order valence-corrected chi connectivity index (χ4v) is 2.54. The van der Waals surface area contributed by atoms with Crippen molar-refractivity contribution in [3.8, 4) is 0 Å². The van der Waals surface area contributed by atoms with Gasteiger partial charge in [-0.3, -0.25) is 0 Å². The summed E-state index contributed by atoms with van der Waals surface area (Å²) < 4.78 is 0. The molecule has 94 valence electrons. The van der Waals surface area contributed by atoms with E-state index in [9.17, 15) is 0 Å². The number of nitrogens with one attached hydrogen (secondary N) is 1. The van der Waals surface area contributed by atoms with Crippen LogP contribution in [0.4, 0.5) is 5.69 Å². The smallest absolute Gasteiger partial charge is 0.0455 e. The monoisotopic (exact) mass is 252 g/mol. The predicted molar refractivity (Wildman–Crippen MR) is 74.6 cm³/mol. The van der Waals surface area contributed by atoms with Gasteiger partial charge in [-0.15, -0.1) is 0 Å². The van der Waals surface area contributed by atoms with Crippen LogP contribution in [0, 0.1) is 12.8 Å². The lowest BCUT2D eigenvalue weighted by Gasteiger charge is -2.26. The van der Waals surface area contributed by atoms with Gasteiger partial charge in [-0.25, -0.2) is 0 Å². The maximum atomic E-state index is 6.10. The zero-order chi connectivity index (χ0) is 12.3. The number of aryl methyl sites for hydroxylation is 1. The quantitative estimate of drug-likeness (QED) is 0.863. The summed E-state index contributed by atoms with van der Waals surface area (Å²) in [5.41, 5.74) is 8.15. The van der Waals surface area contributed by atoms with Crippen molar-refractivity contribution in [2.75, 3.05) is 11.9 Å². The number of halogens is 1. The molecule has 1 aliphatic rings. The van der Waals surface area contributed by atoms with Crippen LogP contribution in [0.15, 0.2) is 18.2 Å². The van der Waals surface area contributed by atoms with E-state index in [0.717, 1.165) is 28.7 Å². The Balaban J connectivity index is 1.83. The number of hydrogen-bond donors (Lipinski definition) is 2. The van der Waals surface area contributed by atoms with E-state index in [1.54, 1.807) is 0 Å². The Labute approximate surface area is 109 Å². The molecule has 0 saturated heterocycles. The Morgan fingerprint density at radius 1 is 1.29 bits per heavy atom. The largest absolute Gasteiger partial charge is 0.385 e. The van der Waals surface area contributed by atoms with Crippen LogP contribution in [0.25, 0.3) is 0 Å². The molecule has 17 heavy (non-hydrogen) atoms. The molecule has 2 nitrogen and oxygen atoms in total. The van der Waals surface area contributed by atoms with Crippen molar-refractivity contribution >= 4 is 17.3 Å². The molecular weight excluding hydrogens is 232 g/mol. The van der Waals surface area contributed by atoms with Gasteiger partial charge in [0, 0.05) is 23.3 Å². The molecule has 0 heterocycles. The van der Waals surface area contributed by atoms with Gasteiger partial charge in [0.25, 0.3) is 0 Å². The lowest BCUT2D eigenvalue weighted by atomic mass is 9.86. The van der Waals surface area contributed by atoms with E-state index in [0.29, 0.717) is 6.04 Å². The van der Waals surface area contributed by atoms with Crippen LogP contribution in [-0.2, 0) is 0 Å². The lowest BCUT2D eigenvalue weighted by molar-refractivity contribution is 0.339. The number of hydrogen-bond acceptors (Lipinski definition) is 2. The van der Waals surface area contributed by atoms with Gasteiger partial charge in [0.2, 0.25) is 0 Å². The third-order valence-electron chi connectivity index (χ3n) is 3.66. The van der Waals surface area contributed by atoms with E-state index < -0.39 is 0 Å². The molecule has 1 aromatic carbocycles. The Hall–Kier alpha value is -0.730. The van der Waals surface area contributed by atoms with E-state index in [-0.39, 0.29) is 0 Å². The number of rotatable bonds is 3. The third kappa shape index (κ3) is 3.62. The minimum absolute atomic E-state index is 0.431. The normalized spacial score (nSPS) is 24.6.